The molecule has 0 aliphatic carbocycles. The van der Waals surface area contributed by atoms with Gasteiger partial charge in [0.05, 0.1) is 5.56 Å². The Bertz CT molecular complexity index is 1270. The number of benzene rings is 1. The summed E-state index contributed by atoms with van der Waals surface area (Å²) >= 11 is 2.99. The molecule has 1 aliphatic rings. The maximum atomic E-state index is 13.9. The van der Waals surface area contributed by atoms with Gasteiger partial charge in [-0.25, -0.2) is 14.0 Å². The summed E-state index contributed by atoms with van der Waals surface area (Å²) in [5.74, 6) is -0.746. The van der Waals surface area contributed by atoms with Gasteiger partial charge in [0.15, 0.2) is 0 Å². The molecule has 1 aromatic carbocycles. The first-order chi connectivity index (χ1) is 16.5. The fraction of sp³-hybridized carbons (Fsp3) is 0.385. The van der Waals surface area contributed by atoms with E-state index in [1.54, 1.807) is 17.4 Å². The van der Waals surface area contributed by atoms with Crippen LogP contribution < -0.4 is 16.0 Å². The second-order valence-corrected chi connectivity index (χ2v) is 11.9. The predicted molar refractivity (Wildman–Crippen MR) is 140 cm³/mol. The van der Waals surface area contributed by atoms with Crippen molar-refractivity contribution >= 4 is 39.7 Å². The molecule has 0 saturated heterocycles. The van der Waals surface area contributed by atoms with Crippen LogP contribution >= 0.6 is 22.7 Å². The summed E-state index contributed by atoms with van der Waals surface area (Å²) in [4.78, 5) is 28.8. The quantitative estimate of drug-likeness (QED) is 0.356. The Labute approximate surface area is 212 Å². The highest BCUT2D eigenvalue weighted by molar-refractivity contribution is 7.17. The number of ether oxygens (including phenoxy) is 1. The average Bonchev–Trinajstić information content (AvgIpc) is 3.28. The van der Waals surface area contributed by atoms with Crippen LogP contribution in [0.4, 0.5) is 14.2 Å². The van der Waals surface area contributed by atoms with E-state index in [2.05, 4.69) is 16.0 Å². The van der Waals surface area contributed by atoms with Crippen LogP contribution in [0, 0.1) is 19.7 Å². The summed E-state index contributed by atoms with van der Waals surface area (Å²) in [6.45, 7) is 11.1. The second-order valence-electron chi connectivity index (χ2n) is 9.55. The van der Waals surface area contributed by atoms with Crippen molar-refractivity contribution in [1.29, 1.82) is 0 Å². The van der Waals surface area contributed by atoms with Crippen molar-refractivity contribution in [3.63, 3.8) is 0 Å². The molecule has 6 nitrogen and oxygen atoms in total. The van der Waals surface area contributed by atoms with E-state index >= 15 is 0 Å². The van der Waals surface area contributed by atoms with Gasteiger partial charge in [0.1, 0.15) is 16.4 Å². The molecular weight excluding hydrogens is 485 g/mol. The van der Waals surface area contributed by atoms with E-state index < -0.39 is 17.6 Å². The van der Waals surface area contributed by atoms with E-state index in [0.717, 1.165) is 46.0 Å². The Morgan fingerprint density at radius 3 is 2.69 bits per heavy atom. The zero-order chi connectivity index (χ0) is 25.3. The fourth-order valence-corrected chi connectivity index (χ4v) is 6.43. The Kier molecular flexibility index (Phi) is 7.30. The van der Waals surface area contributed by atoms with Crippen molar-refractivity contribution in [2.45, 2.75) is 59.7 Å². The first-order valence-electron chi connectivity index (χ1n) is 11.5. The molecule has 2 aromatic heterocycles. The zero-order valence-electron chi connectivity index (χ0n) is 20.6. The van der Waals surface area contributed by atoms with Crippen LogP contribution in [0.25, 0.3) is 10.4 Å². The van der Waals surface area contributed by atoms with E-state index in [9.17, 15) is 14.0 Å². The van der Waals surface area contributed by atoms with Crippen LogP contribution in [0.15, 0.2) is 24.3 Å². The molecule has 1 aliphatic heterocycles. The number of rotatable bonds is 5. The van der Waals surface area contributed by atoms with Crippen LogP contribution in [0.2, 0.25) is 0 Å². The van der Waals surface area contributed by atoms with Crippen LogP contribution in [-0.4, -0.2) is 24.1 Å². The lowest BCUT2D eigenvalue weighted by molar-refractivity contribution is 0.00704. The fourth-order valence-electron chi connectivity index (χ4n) is 4.06. The third-order valence-corrected chi connectivity index (χ3v) is 8.21. The summed E-state index contributed by atoms with van der Waals surface area (Å²) < 4.78 is 19.5. The van der Waals surface area contributed by atoms with Crippen LogP contribution in [0.1, 0.15) is 57.6 Å². The van der Waals surface area contributed by atoms with Crippen LogP contribution in [0.5, 0.6) is 0 Å². The minimum atomic E-state index is -0.640. The van der Waals surface area contributed by atoms with Gasteiger partial charge < -0.3 is 15.4 Å². The van der Waals surface area contributed by atoms with Gasteiger partial charge in [-0.15, -0.1) is 22.7 Å². The molecule has 0 radical (unpaired) electrons. The smallest absolute Gasteiger partial charge is 0.341 e. The Morgan fingerprint density at radius 1 is 1.20 bits per heavy atom. The normalized spacial score (nSPS) is 13.3. The molecule has 0 saturated carbocycles. The molecule has 3 aromatic rings. The third kappa shape index (κ3) is 5.74. The number of hydrogen-bond acceptors (Lipinski definition) is 6. The number of amides is 2. The molecule has 0 unspecified atom stereocenters. The predicted octanol–water partition coefficient (Wildman–Crippen LogP) is 6.16. The standard InChI is InChI=1S/C26H30FN3O3S2/c1-14-15(2)34-23(21(14)24(31)33-26(3,4)5)30-25(32)29-12-19-18-9-10-28-13-20(18)35-22(19)16-7-6-8-17(27)11-16/h6-8,11,28H,9-10,12-13H2,1-5H3,(H2,29,30,32). The van der Waals surface area contributed by atoms with Crippen molar-refractivity contribution in [2.24, 2.45) is 0 Å². The summed E-state index contributed by atoms with van der Waals surface area (Å²) in [5, 5.41) is 9.64. The van der Waals surface area contributed by atoms with Gasteiger partial charge in [-0.3, -0.25) is 5.32 Å². The molecule has 35 heavy (non-hydrogen) atoms. The molecular formula is C26H30FN3O3S2. The number of anilines is 1. The lowest BCUT2D eigenvalue weighted by Gasteiger charge is -2.20. The number of fused-ring (bicyclic) bond motifs is 1. The van der Waals surface area contributed by atoms with Gasteiger partial charge in [-0.2, -0.15) is 0 Å². The molecule has 3 N–H and O–H groups in total. The number of aryl methyl sites for hydroxylation is 1. The minimum absolute atomic E-state index is 0.290. The maximum absolute atomic E-state index is 13.9. The lowest BCUT2D eigenvalue weighted by Crippen LogP contribution is -2.30. The van der Waals surface area contributed by atoms with E-state index in [0.29, 0.717) is 17.1 Å². The van der Waals surface area contributed by atoms with E-state index in [-0.39, 0.29) is 5.82 Å². The number of urea groups is 1. The first kappa shape index (κ1) is 25.3. The molecule has 186 valence electrons. The topological polar surface area (TPSA) is 79.5 Å². The molecule has 0 spiro atoms. The van der Waals surface area contributed by atoms with Gasteiger partial charge in [0.2, 0.25) is 0 Å². The SMILES string of the molecule is Cc1sc(NC(=O)NCc2c(-c3cccc(F)c3)sc3c2CCNC3)c(C(=O)OC(C)(C)C)c1C. The highest BCUT2D eigenvalue weighted by Crippen LogP contribution is 2.39. The van der Waals surface area contributed by atoms with E-state index in [1.807, 2.05) is 40.7 Å². The number of nitrogens with one attached hydrogen (secondary N) is 3. The summed E-state index contributed by atoms with van der Waals surface area (Å²) in [6, 6.07) is 6.14. The molecule has 0 fully saturated rings. The van der Waals surface area contributed by atoms with Crippen LogP contribution in [0.3, 0.4) is 0 Å². The van der Waals surface area contributed by atoms with Crippen molar-refractivity contribution in [3.8, 4) is 10.4 Å². The molecule has 3 heterocycles. The monoisotopic (exact) mass is 515 g/mol. The highest BCUT2D eigenvalue weighted by Gasteiger charge is 2.27. The third-order valence-electron chi connectivity index (χ3n) is 5.77. The van der Waals surface area contributed by atoms with Gasteiger partial charge in [0.25, 0.3) is 0 Å². The Hall–Kier alpha value is -2.75. The summed E-state index contributed by atoms with van der Waals surface area (Å²) in [6.07, 6.45) is 0.853. The number of carbonyl (C=O) groups excluding carboxylic acids is 2. The summed E-state index contributed by atoms with van der Waals surface area (Å²) in [7, 11) is 0. The van der Waals surface area contributed by atoms with E-state index in [1.165, 1.54) is 33.9 Å². The Morgan fingerprint density at radius 2 is 1.97 bits per heavy atom. The minimum Gasteiger partial charge on any atom is -0.456 e. The largest absolute Gasteiger partial charge is 0.456 e. The average molecular weight is 516 g/mol. The van der Waals surface area contributed by atoms with Crippen molar-refractivity contribution < 1.29 is 18.7 Å². The summed E-state index contributed by atoms with van der Waals surface area (Å²) in [5.41, 5.74) is 3.57. The number of thiophene rings is 2. The highest BCUT2D eigenvalue weighted by atomic mass is 32.1. The van der Waals surface area contributed by atoms with E-state index in [4.69, 9.17) is 4.74 Å². The Balaban J connectivity index is 1.55. The molecule has 9 heteroatoms. The zero-order valence-corrected chi connectivity index (χ0v) is 22.2. The molecule has 2 amide bonds. The van der Waals surface area contributed by atoms with Gasteiger partial charge in [0, 0.05) is 27.7 Å². The van der Waals surface area contributed by atoms with Gasteiger partial charge in [-0.1, -0.05) is 12.1 Å². The molecule has 0 atom stereocenters. The van der Waals surface area contributed by atoms with Crippen molar-refractivity contribution in [3.05, 3.63) is 62.1 Å². The van der Waals surface area contributed by atoms with Gasteiger partial charge >= 0.3 is 12.0 Å². The van der Waals surface area contributed by atoms with Crippen LogP contribution in [-0.2, 0) is 24.2 Å². The number of carbonyl (C=O) groups is 2. The number of esters is 1. The van der Waals surface area contributed by atoms with Gasteiger partial charge in [-0.05, 0) is 82.0 Å². The van der Waals surface area contributed by atoms with Crippen molar-refractivity contribution in [2.75, 3.05) is 11.9 Å². The number of hydrogen-bond donors (Lipinski definition) is 3. The number of halogens is 1. The molecule has 0 bridgehead atoms. The van der Waals surface area contributed by atoms with Crippen molar-refractivity contribution in [1.82, 2.24) is 10.6 Å². The second kappa shape index (κ2) is 10.1. The first-order valence-corrected chi connectivity index (χ1v) is 13.1. The lowest BCUT2D eigenvalue weighted by atomic mass is 10.00. The molecule has 4 rings (SSSR count). The maximum Gasteiger partial charge on any atom is 0.341 e.